The van der Waals surface area contributed by atoms with Gasteiger partial charge in [-0.2, -0.15) is 11.8 Å². The third kappa shape index (κ3) is 6.23. The van der Waals surface area contributed by atoms with Crippen LogP contribution in [0.15, 0.2) is 22.5 Å². The number of hydrogen-bond acceptors (Lipinski definition) is 5. The van der Waals surface area contributed by atoms with Crippen LogP contribution in [0.5, 0.6) is 0 Å². The average molecular weight is 539 g/mol. The average Bonchev–Trinajstić information content (AvgIpc) is 3.23. The molecule has 0 amide bonds. The molecule has 28 heavy (non-hydrogen) atoms. The highest BCUT2D eigenvalue weighted by Crippen LogP contribution is 2.37. The minimum absolute atomic E-state index is 0. The Hall–Kier alpha value is -0.0300. The van der Waals surface area contributed by atoms with Crippen LogP contribution >= 0.6 is 47.1 Å². The molecular formula is C20H35IN4OS2. The minimum atomic E-state index is 0. The number of guanidine groups is 1. The molecule has 3 rings (SSSR count). The lowest BCUT2D eigenvalue weighted by Crippen LogP contribution is -2.49. The maximum absolute atomic E-state index is 5.55. The Kier molecular flexibility index (Phi) is 10.4. The third-order valence-corrected chi connectivity index (χ3v) is 8.37. The Morgan fingerprint density at radius 2 is 2.18 bits per heavy atom. The second kappa shape index (κ2) is 12.0. The second-order valence-electron chi connectivity index (χ2n) is 7.65. The number of hydrogen-bond donors (Lipinski definition) is 2. The zero-order chi connectivity index (χ0) is 19.1. The van der Waals surface area contributed by atoms with Gasteiger partial charge in [-0.15, -0.1) is 35.3 Å². The molecule has 2 atom stereocenters. The lowest BCUT2D eigenvalue weighted by atomic mass is 9.88. The normalized spacial score (nSPS) is 25.8. The quantitative estimate of drug-likeness (QED) is 0.328. The van der Waals surface area contributed by atoms with Gasteiger partial charge in [-0.05, 0) is 62.9 Å². The Morgan fingerprint density at radius 3 is 2.82 bits per heavy atom. The summed E-state index contributed by atoms with van der Waals surface area (Å²) in [7, 11) is 4.13. The fraction of sp³-hybridized carbons (Fsp3) is 0.750. The Bertz CT molecular complexity index is 593. The molecule has 0 radical (unpaired) electrons. The number of thiophene rings is 1. The van der Waals surface area contributed by atoms with Gasteiger partial charge < -0.3 is 15.4 Å². The van der Waals surface area contributed by atoms with Gasteiger partial charge in [0.1, 0.15) is 0 Å². The van der Waals surface area contributed by atoms with Crippen molar-refractivity contribution in [2.24, 2.45) is 10.9 Å². The van der Waals surface area contributed by atoms with Crippen LogP contribution in [0.3, 0.4) is 0 Å². The van der Waals surface area contributed by atoms with Gasteiger partial charge in [-0.3, -0.25) is 9.89 Å². The van der Waals surface area contributed by atoms with Crippen LogP contribution in [0.1, 0.15) is 36.6 Å². The van der Waals surface area contributed by atoms with Gasteiger partial charge in [0.25, 0.3) is 0 Å². The molecule has 0 bridgehead atoms. The Balaban J connectivity index is 0.00000280. The zero-order valence-corrected chi connectivity index (χ0v) is 21.2. The second-order valence-corrected chi connectivity index (χ2v) is 9.90. The molecule has 1 aromatic rings. The molecule has 2 unspecified atom stereocenters. The molecular weight excluding hydrogens is 503 g/mol. The van der Waals surface area contributed by atoms with Gasteiger partial charge >= 0.3 is 0 Å². The summed E-state index contributed by atoms with van der Waals surface area (Å²) in [5.41, 5.74) is 0. The first-order valence-electron chi connectivity index (χ1n) is 9.98. The molecule has 0 saturated carbocycles. The molecule has 0 aromatic carbocycles. The van der Waals surface area contributed by atoms with Crippen molar-refractivity contribution in [3.05, 3.63) is 22.4 Å². The number of likely N-dealkylation sites (tertiary alicyclic amines) is 1. The maximum Gasteiger partial charge on any atom is 0.191 e. The molecule has 2 fully saturated rings. The maximum atomic E-state index is 5.55. The minimum Gasteiger partial charge on any atom is -0.381 e. The summed E-state index contributed by atoms with van der Waals surface area (Å²) in [5, 5.41) is 9.38. The molecule has 2 N–H and O–H groups in total. The van der Waals surface area contributed by atoms with E-state index < -0.39 is 0 Å². The molecule has 2 aliphatic rings. The number of rotatable bonds is 6. The van der Waals surface area contributed by atoms with Crippen molar-refractivity contribution >= 4 is 53.0 Å². The molecule has 160 valence electrons. The van der Waals surface area contributed by atoms with Gasteiger partial charge in [0.15, 0.2) is 5.96 Å². The molecule has 2 saturated heterocycles. The summed E-state index contributed by atoms with van der Waals surface area (Å²) < 4.78 is 5.82. The van der Waals surface area contributed by atoms with E-state index in [9.17, 15) is 0 Å². The smallest absolute Gasteiger partial charge is 0.191 e. The largest absolute Gasteiger partial charge is 0.381 e. The number of halogens is 1. The van der Waals surface area contributed by atoms with Crippen molar-refractivity contribution in [1.29, 1.82) is 0 Å². The molecule has 0 spiro atoms. The van der Waals surface area contributed by atoms with Crippen LogP contribution in [-0.2, 0) is 4.74 Å². The predicted octanol–water partition coefficient (Wildman–Crippen LogP) is 3.83. The summed E-state index contributed by atoms with van der Waals surface area (Å²) in [5.74, 6) is 1.53. The van der Waals surface area contributed by atoms with Crippen LogP contribution in [-0.4, -0.2) is 68.8 Å². The van der Waals surface area contributed by atoms with E-state index >= 15 is 0 Å². The van der Waals surface area contributed by atoms with Crippen LogP contribution in [0, 0.1) is 5.92 Å². The Morgan fingerprint density at radius 1 is 1.39 bits per heavy atom. The first kappa shape index (κ1) is 24.2. The van der Waals surface area contributed by atoms with Crippen molar-refractivity contribution < 1.29 is 4.74 Å². The van der Waals surface area contributed by atoms with Crippen molar-refractivity contribution in [1.82, 2.24) is 15.5 Å². The number of piperidine rings is 1. The molecule has 2 aliphatic heterocycles. The van der Waals surface area contributed by atoms with E-state index in [1.165, 1.54) is 24.3 Å². The third-order valence-electron chi connectivity index (χ3n) is 6.01. The monoisotopic (exact) mass is 538 g/mol. The summed E-state index contributed by atoms with van der Waals surface area (Å²) in [6.45, 7) is 4.82. The highest BCUT2D eigenvalue weighted by Gasteiger charge is 2.33. The van der Waals surface area contributed by atoms with Gasteiger partial charge in [-0.25, -0.2) is 0 Å². The van der Waals surface area contributed by atoms with Gasteiger partial charge in [-0.1, -0.05) is 6.07 Å². The first-order chi connectivity index (χ1) is 13.2. The van der Waals surface area contributed by atoms with Crippen LogP contribution < -0.4 is 10.6 Å². The van der Waals surface area contributed by atoms with Crippen molar-refractivity contribution in [3.8, 4) is 0 Å². The summed E-state index contributed by atoms with van der Waals surface area (Å²) in [4.78, 5) is 8.47. The summed E-state index contributed by atoms with van der Waals surface area (Å²) >= 11 is 3.84. The summed E-state index contributed by atoms with van der Waals surface area (Å²) in [6.07, 6.45) is 6.96. The van der Waals surface area contributed by atoms with Crippen molar-refractivity contribution in [2.45, 2.75) is 36.5 Å². The van der Waals surface area contributed by atoms with Crippen LogP contribution in [0.2, 0.25) is 0 Å². The van der Waals surface area contributed by atoms with Crippen LogP contribution in [0.4, 0.5) is 0 Å². The molecule has 3 heterocycles. The van der Waals surface area contributed by atoms with Crippen molar-refractivity contribution in [3.63, 3.8) is 0 Å². The zero-order valence-electron chi connectivity index (χ0n) is 17.3. The standard InChI is InChI=1S/C20H34N4OS2.HI/c1-21-19(23-15-20(26-3)8-11-25-12-9-20)22-14-16-6-4-10-24(2)18(16)17-7-5-13-27-17;/h5,7,13,16,18H,4,6,8-12,14-15H2,1-3H3,(H2,21,22,23);1H. The first-order valence-corrected chi connectivity index (χ1v) is 12.1. The van der Waals surface area contributed by atoms with Gasteiger partial charge in [0.2, 0.25) is 0 Å². The topological polar surface area (TPSA) is 48.9 Å². The molecule has 8 heteroatoms. The van der Waals surface area contributed by atoms with E-state index in [4.69, 9.17) is 4.74 Å². The Labute approximate surface area is 195 Å². The summed E-state index contributed by atoms with van der Waals surface area (Å²) in [6, 6.07) is 4.96. The van der Waals surface area contributed by atoms with E-state index in [1.54, 1.807) is 0 Å². The van der Waals surface area contributed by atoms with Gasteiger partial charge in [0.05, 0.1) is 0 Å². The number of thioether (sulfide) groups is 1. The van der Waals surface area contributed by atoms with Crippen LogP contribution in [0.25, 0.3) is 0 Å². The molecule has 5 nitrogen and oxygen atoms in total. The van der Waals surface area contributed by atoms with Gasteiger partial charge in [0, 0.05) is 49.0 Å². The van der Waals surface area contributed by atoms with Crippen molar-refractivity contribution in [2.75, 3.05) is 53.2 Å². The van der Waals surface area contributed by atoms with E-state index in [0.717, 1.165) is 45.1 Å². The number of ether oxygens (including phenoxy) is 1. The fourth-order valence-corrected chi connectivity index (χ4v) is 6.05. The molecule has 0 aliphatic carbocycles. The SMILES string of the molecule is CN=C(NCC1CCCN(C)C1c1cccs1)NCC1(SC)CCOCC1.I. The fourth-order valence-electron chi connectivity index (χ4n) is 4.27. The molecule has 1 aromatic heterocycles. The van der Waals surface area contributed by atoms with E-state index in [-0.39, 0.29) is 28.7 Å². The predicted molar refractivity (Wildman–Crippen MR) is 133 cm³/mol. The van der Waals surface area contributed by atoms with E-state index in [1.807, 2.05) is 30.1 Å². The highest BCUT2D eigenvalue weighted by molar-refractivity contribution is 14.0. The van der Waals surface area contributed by atoms with E-state index in [2.05, 4.69) is 51.3 Å². The van der Waals surface area contributed by atoms with E-state index in [0.29, 0.717) is 12.0 Å². The number of nitrogens with zero attached hydrogens (tertiary/aromatic N) is 2. The lowest BCUT2D eigenvalue weighted by molar-refractivity contribution is 0.0782. The lowest BCUT2D eigenvalue weighted by Gasteiger charge is -2.39. The highest BCUT2D eigenvalue weighted by atomic mass is 127. The number of nitrogens with one attached hydrogen (secondary N) is 2. The number of aliphatic imine (C=N–C) groups is 1.